The van der Waals surface area contributed by atoms with E-state index in [1.54, 1.807) is 0 Å². The minimum absolute atomic E-state index is 0.0972. The molecule has 88 valence electrons. The van der Waals surface area contributed by atoms with E-state index in [-0.39, 0.29) is 11.8 Å². The fraction of sp³-hybridized carbons (Fsp3) is 0.769. The highest BCUT2D eigenvalue weighted by Gasteiger charge is 2.13. The largest absolute Gasteiger partial charge is 0.369 e. The lowest BCUT2D eigenvalue weighted by atomic mass is 9.95. The van der Waals surface area contributed by atoms with Gasteiger partial charge < -0.3 is 5.73 Å². The van der Waals surface area contributed by atoms with Crippen molar-refractivity contribution in [3.05, 3.63) is 12.2 Å². The second-order valence-corrected chi connectivity index (χ2v) is 4.05. The van der Waals surface area contributed by atoms with Crippen molar-refractivity contribution in [1.29, 1.82) is 0 Å². The summed E-state index contributed by atoms with van der Waals surface area (Å²) in [6, 6.07) is 0. The highest BCUT2D eigenvalue weighted by atomic mass is 16.1. The van der Waals surface area contributed by atoms with E-state index in [4.69, 9.17) is 5.73 Å². The Balaban J connectivity index is 3.66. The fourth-order valence-corrected chi connectivity index (χ4v) is 1.65. The summed E-state index contributed by atoms with van der Waals surface area (Å²) < 4.78 is 0. The summed E-state index contributed by atoms with van der Waals surface area (Å²) in [5, 5.41) is 0. The van der Waals surface area contributed by atoms with E-state index < -0.39 is 0 Å². The molecule has 2 nitrogen and oxygen atoms in total. The summed E-state index contributed by atoms with van der Waals surface area (Å²) in [6.07, 6.45) is 11.8. The van der Waals surface area contributed by atoms with Gasteiger partial charge in [-0.15, -0.1) is 0 Å². The highest BCUT2D eigenvalue weighted by molar-refractivity contribution is 5.76. The van der Waals surface area contributed by atoms with Gasteiger partial charge in [0.2, 0.25) is 5.91 Å². The van der Waals surface area contributed by atoms with Crippen molar-refractivity contribution < 1.29 is 4.79 Å². The van der Waals surface area contributed by atoms with Crippen LogP contribution in [0.2, 0.25) is 0 Å². The van der Waals surface area contributed by atoms with Crippen LogP contribution in [-0.4, -0.2) is 5.91 Å². The van der Waals surface area contributed by atoms with Gasteiger partial charge in [-0.25, -0.2) is 0 Å². The summed E-state index contributed by atoms with van der Waals surface area (Å²) in [5.74, 6) is -0.0251. The molecule has 0 bridgehead atoms. The van der Waals surface area contributed by atoms with E-state index in [2.05, 4.69) is 26.0 Å². The number of nitrogens with two attached hydrogens (primary N) is 1. The molecule has 0 saturated carbocycles. The molecule has 0 heterocycles. The van der Waals surface area contributed by atoms with Crippen LogP contribution in [0.4, 0.5) is 0 Å². The Bertz CT molecular complexity index is 187. The van der Waals surface area contributed by atoms with Gasteiger partial charge in [0, 0.05) is 5.92 Å². The lowest BCUT2D eigenvalue weighted by Crippen LogP contribution is -2.23. The lowest BCUT2D eigenvalue weighted by molar-refractivity contribution is -0.122. The average Bonchev–Trinajstić information content (AvgIpc) is 2.21. The van der Waals surface area contributed by atoms with E-state index in [0.29, 0.717) is 0 Å². The van der Waals surface area contributed by atoms with Crippen LogP contribution in [0.15, 0.2) is 12.2 Å². The second-order valence-electron chi connectivity index (χ2n) is 4.05. The summed E-state index contributed by atoms with van der Waals surface area (Å²) in [4.78, 5) is 11.1. The Hall–Kier alpha value is -0.790. The van der Waals surface area contributed by atoms with Gasteiger partial charge in [0.25, 0.3) is 0 Å². The molecule has 0 aromatic rings. The van der Waals surface area contributed by atoms with Crippen molar-refractivity contribution in [2.45, 2.75) is 58.8 Å². The van der Waals surface area contributed by atoms with Crippen LogP contribution >= 0.6 is 0 Å². The highest BCUT2D eigenvalue weighted by Crippen LogP contribution is 2.15. The minimum Gasteiger partial charge on any atom is -0.369 e. The first-order valence-electron chi connectivity index (χ1n) is 6.16. The van der Waals surface area contributed by atoms with Crippen molar-refractivity contribution in [3.8, 4) is 0 Å². The Morgan fingerprint density at radius 3 is 2.40 bits per heavy atom. The number of carbonyl (C=O) groups excluding carboxylic acids is 1. The monoisotopic (exact) mass is 211 g/mol. The van der Waals surface area contributed by atoms with Gasteiger partial charge in [0.05, 0.1) is 0 Å². The molecule has 0 saturated heterocycles. The predicted octanol–water partition coefficient (Wildman–Crippen LogP) is 3.41. The molecule has 1 amide bonds. The molecule has 0 aromatic heterocycles. The molecular formula is C13H25NO. The molecule has 0 spiro atoms. The lowest BCUT2D eigenvalue weighted by Gasteiger charge is -2.11. The number of hydrogen-bond donors (Lipinski definition) is 1. The zero-order valence-corrected chi connectivity index (χ0v) is 10.2. The summed E-state index contributed by atoms with van der Waals surface area (Å²) >= 11 is 0. The molecule has 1 unspecified atom stereocenters. The second kappa shape index (κ2) is 9.75. The number of amides is 1. The standard InChI is InChI=1S/C13H25NO/c1-3-5-7-8-9-11-12(13(14)15)10-6-4-2/h5,7,12H,3-4,6,8-11H2,1-2H3,(H2,14,15)/b7-5+. The van der Waals surface area contributed by atoms with Gasteiger partial charge in [-0.1, -0.05) is 38.8 Å². The van der Waals surface area contributed by atoms with Crippen molar-refractivity contribution in [2.75, 3.05) is 0 Å². The molecule has 0 aliphatic rings. The fourth-order valence-electron chi connectivity index (χ4n) is 1.65. The number of hydrogen-bond acceptors (Lipinski definition) is 1. The maximum atomic E-state index is 11.1. The minimum atomic E-state index is -0.122. The first-order valence-corrected chi connectivity index (χ1v) is 6.16. The molecule has 2 heteroatoms. The van der Waals surface area contributed by atoms with Gasteiger partial charge in [-0.05, 0) is 32.1 Å². The molecule has 0 fully saturated rings. The van der Waals surface area contributed by atoms with Crippen LogP contribution in [0.25, 0.3) is 0 Å². The third-order valence-electron chi connectivity index (χ3n) is 2.63. The molecule has 0 aromatic carbocycles. The summed E-state index contributed by atoms with van der Waals surface area (Å²) in [7, 11) is 0. The molecule has 2 N–H and O–H groups in total. The first kappa shape index (κ1) is 14.2. The molecule has 0 aliphatic carbocycles. The Labute approximate surface area is 93.9 Å². The van der Waals surface area contributed by atoms with Crippen molar-refractivity contribution in [2.24, 2.45) is 11.7 Å². The molecule has 0 aliphatic heterocycles. The third-order valence-corrected chi connectivity index (χ3v) is 2.63. The van der Waals surface area contributed by atoms with Crippen molar-refractivity contribution in [3.63, 3.8) is 0 Å². The van der Waals surface area contributed by atoms with Crippen LogP contribution < -0.4 is 5.73 Å². The van der Waals surface area contributed by atoms with E-state index in [0.717, 1.165) is 44.9 Å². The molecule has 0 radical (unpaired) electrons. The van der Waals surface area contributed by atoms with Crippen molar-refractivity contribution >= 4 is 5.91 Å². The maximum Gasteiger partial charge on any atom is 0.220 e. The number of allylic oxidation sites excluding steroid dienone is 2. The number of carbonyl (C=O) groups is 1. The van der Waals surface area contributed by atoms with Crippen LogP contribution in [0.5, 0.6) is 0 Å². The number of primary amides is 1. The number of unbranched alkanes of at least 4 members (excludes halogenated alkanes) is 2. The predicted molar refractivity (Wildman–Crippen MR) is 65.5 cm³/mol. The van der Waals surface area contributed by atoms with Gasteiger partial charge in [0.15, 0.2) is 0 Å². The number of rotatable bonds is 9. The normalized spacial score (nSPS) is 13.2. The van der Waals surface area contributed by atoms with Crippen LogP contribution in [0, 0.1) is 5.92 Å². The molecule has 0 rings (SSSR count). The van der Waals surface area contributed by atoms with E-state index in [1.807, 2.05) is 0 Å². The molecule has 15 heavy (non-hydrogen) atoms. The smallest absolute Gasteiger partial charge is 0.220 e. The van der Waals surface area contributed by atoms with E-state index in [9.17, 15) is 4.79 Å². The van der Waals surface area contributed by atoms with Gasteiger partial charge in [-0.2, -0.15) is 0 Å². The van der Waals surface area contributed by atoms with Crippen molar-refractivity contribution in [1.82, 2.24) is 0 Å². The average molecular weight is 211 g/mol. The summed E-state index contributed by atoms with van der Waals surface area (Å²) in [6.45, 7) is 4.27. The van der Waals surface area contributed by atoms with Crippen LogP contribution in [0.1, 0.15) is 58.8 Å². The van der Waals surface area contributed by atoms with Gasteiger partial charge in [-0.3, -0.25) is 4.79 Å². The maximum absolute atomic E-state index is 11.1. The zero-order valence-electron chi connectivity index (χ0n) is 10.2. The first-order chi connectivity index (χ1) is 7.22. The third kappa shape index (κ3) is 8.22. The van der Waals surface area contributed by atoms with E-state index in [1.165, 1.54) is 0 Å². The SMILES string of the molecule is CC/C=C/CCCC(CCCC)C(N)=O. The Kier molecular flexibility index (Phi) is 9.24. The Morgan fingerprint density at radius 2 is 1.87 bits per heavy atom. The zero-order chi connectivity index (χ0) is 11.5. The van der Waals surface area contributed by atoms with Gasteiger partial charge >= 0.3 is 0 Å². The van der Waals surface area contributed by atoms with Crippen LogP contribution in [0.3, 0.4) is 0 Å². The molecule has 1 atom stereocenters. The van der Waals surface area contributed by atoms with E-state index >= 15 is 0 Å². The van der Waals surface area contributed by atoms with Gasteiger partial charge in [0.1, 0.15) is 0 Å². The topological polar surface area (TPSA) is 43.1 Å². The van der Waals surface area contributed by atoms with Crippen LogP contribution in [-0.2, 0) is 4.79 Å². The molecular weight excluding hydrogens is 186 g/mol. The quantitative estimate of drug-likeness (QED) is 0.461. The summed E-state index contributed by atoms with van der Waals surface area (Å²) in [5.41, 5.74) is 5.36. The Morgan fingerprint density at radius 1 is 1.20 bits per heavy atom.